The van der Waals surface area contributed by atoms with Crippen LogP contribution < -0.4 is 16.2 Å². The van der Waals surface area contributed by atoms with Crippen molar-refractivity contribution in [2.75, 3.05) is 17.4 Å². The molecule has 0 aliphatic carbocycles. The van der Waals surface area contributed by atoms with Crippen molar-refractivity contribution >= 4 is 17.4 Å². The topological polar surface area (TPSA) is 71.2 Å². The summed E-state index contributed by atoms with van der Waals surface area (Å²) >= 11 is 0. The summed E-state index contributed by atoms with van der Waals surface area (Å²) in [6.07, 6.45) is 1.65. The van der Waals surface area contributed by atoms with E-state index in [9.17, 15) is 4.79 Å². The maximum atomic E-state index is 12.4. The molecule has 0 saturated carbocycles. The van der Waals surface area contributed by atoms with Crippen LogP contribution in [0.15, 0.2) is 42.6 Å². The molecule has 0 saturated heterocycles. The SMILES string of the molecule is Cc1ccc(C(=O)N(C)c2ccccn2)c(NN)c1. The van der Waals surface area contributed by atoms with Crippen LogP contribution in [0.1, 0.15) is 15.9 Å². The number of hydrogen-bond acceptors (Lipinski definition) is 4. The molecule has 5 nitrogen and oxygen atoms in total. The van der Waals surface area contributed by atoms with Crippen LogP contribution >= 0.6 is 0 Å². The van der Waals surface area contributed by atoms with Crippen LogP contribution in [0.3, 0.4) is 0 Å². The molecule has 1 heterocycles. The molecular weight excluding hydrogens is 240 g/mol. The Morgan fingerprint density at radius 1 is 1.32 bits per heavy atom. The molecule has 0 fully saturated rings. The van der Waals surface area contributed by atoms with Crippen LogP contribution in [0.25, 0.3) is 0 Å². The van der Waals surface area contributed by atoms with E-state index in [1.165, 1.54) is 4.90 Å². The minimum absolute atomic E-state index is 0.161. The number of carbonyl (C=O) groups is 1. The third kappa shape index (κ3) is 2.71. The Morgan fingerprint density at radius 3 is 2.74 bits per heavy atom. The van der Waals surface area contributed by atoms with Crippen LogP contribution in [0.4, 0.5) is 11.5 Å². The van der Waals surface area contributed by atoms with Crippen molar-refractivity contribution in [3.63, 3.8) is 0 Å². The Kier molecular flexibility index (Phi) is 3.77. The zero-order chi connectivity index (χ0) is 13.8. The van der Waals surface area contributed by atoms with Gasteiger partial charge in [-0.2, -0.15) is 0 Å². The van der Waals surface area contributed by atoms with E-state index in [1.807, 2.05) is 25.1 Å². The molecule has 19 heavy (non-hydrogen) atoms. The number of carbonyl (C=O) groups excluding carboxylic acids is 1. The van der Waals surface area contributed by atoms with Gasteiger partial charge in [0.25, 0.3) is 5.91 Å². The fraction of sp³-hybridized carbons (Fsp3) is 0.143. The highest BCUT2D eigenvalue weighted by molar-refractivity contribution is 6.08. The molecule has 2 rings (SSSR count). The van der Waals surface area contributed by atoms with Gasteiger partial charge in [-0.15, -0.1) is 0 Å². The van der Waals surface area contributed by atoms with Gasteiger partial charge in [-0.05, 0) is 36.8 Å². The number of nitrogen functional groups attached to an aromatic ring is 1. The van der Waals surface area contributed by atoms with Crippen LogP contribution in [-0.2, 0) is 0 Å². The van der Waals surface area contributed by atoms with Crippen molar-refractivity contribution in [3.8, 4) is 0 Å². The largest absolute Gasteiger partial charge is 0.323 e. The summed E-state index contributed by atoms with van der Waals surface area (Å²) < 4.78 is 0. The average Bonchev–Trinajstić information content (AvgIpc) is 2.46. The van der Waals surface area contributed by atoms with Crippen molar-refractivity contribution in [1.29, 1.82) is 0 Å². The smallest absolute Gasteiger partial charge is 0.261 e. The Hall–Kier alpha value is -2.40. The second-order valence-corrected chi connectivity index (χ2v) is 4.25. The number of aromatic nitrogens is 1. The highest BCUT2D eigenvalue weighted by Gasteiger charge is 2.17. The lowest BCUT2D eigenvalue weighted by Gasteiger charge is -2.18. The maximum Gasteiger partial charge on any atom is 0.261 e. The van der Waals surface area contributed by atoms with E-state index in [1.54, 1.807) is 31.4 Å². The molecular formula is C14H16N4O. The quantitative estimate of drug-likeness (QED) is 0.650. The lowest BCUT2D eigenvalue weighted by molar-refractivity contribution is 0.0993. The fourth-order valence-electron chi connectivity index (χ4n) is 1.80. The number of benzene rings is 1. The summed E-state index contributed by atoms with van der Waals surface area (Å²) in [4.78, 5) is 18.1. The molecule has 5 heteroatoms. The van der Waals surface area contributed by atoms with E-state index in [4.69, 9.17) is 5.84 Å². The Labute approximate surface area is 112 Å². The standard InChI is InChI=1S/C14H16N4O/c1-10-6-7-11(12(9-10)17-15)14(19)18(2)13-5-3-4-8-16-13/h3-9,17H,15H2,1-2H3. The summed E-state index contributed by atoms with van der Waals surface area (Å²) in [6.45, 7) is 1.94. The molecule has 2 aromatic rings. The van der Waals surface area contributed by atoms with Gasteiger partial charge in [-0.1, -0.05) is 12.1 Å². The number of amides is 1. The average molecular weight is 256 g/mol. The molecule has 0 aliphatic heterocycles. The fourth-order valence-corrected chi connectivity index (χ4v) is 1.80. The van der Waals surface area contributed by atoms with Crippen LogP contribution in [-0.4, -0.2) is 17.9 Å². The normalized spacial score (nSPS) is 10.1. The summed E-state index contributed by atoms with van der Waals surface area (Å²) in [6, 6.07) is 10.9. The summed E-state index contributed by atoms with van der Waals surface area (Å²) in [5.41, 5.74) is 4.71. The number of nitrogens with two attached hydrogens (primary N) is 1. The van der Waals surface area contributed by atoms with Crippen molar-refractivity contribution in [1.82, 2.24) is 4.98 Å². The van der Waals surface area contributed by atoms with Gasteiger partial charge >= 0.3 is 0 Å². The zero-order valence-corrected chi connectivity index (χ0v) is 10.9. The number of nitrogens with one attached hydrogen (secondary N) is 1. The molecule has 3 N–H and O–H groups in total. The molecule has 1 amide bonds. The van der Waals surface area contributed by atoms with Crippen molar-refractivity contribution in [2.45, 2.75) is 6.92 Å². The van der Waals surface area contributed by atoms with Crippen LogP contribution in [0, 0.1) is 6.92 Å². The van der Waals surface area contributed by atoms with E-state index < -0.39 is 0 Å². The minimum Gasteiger partial charge on any atom is -0.323 e. The predicted molar refractivity (Wildman–Crippen MR) is 76.0 cm³/mol. The van der Waals surface area contributed by atoms with Gasteiger partial charge < -0.3 is 5.43 Å². The molecule has 1 aromatic carbocycles. The van der Waals surface area contributed by atoms with E-state index in [0.29, 0.717) is 17.1 Å². The van der Waals surface area contributed by atoms with Gasteiger partial charge in [-0.3, -0.25) is 15.5 Å². The third-order valence-corrected chi connectivity index (χ3v) is 2.86. The van der Waals surface area contributed by atoms with Crippen molar-refractivity contribution in [3.05, 3.63) is 53.7 Å². The first kappa shape index (κ1) is 13.0. The second kappa shape index (κ2) is 5.49. The molecule has 0 unspecified atom stereocenters. The number of rotatable bonds is 3. The Bertz CT molecular complexity index is 583. The first-order chi connectivity index (χ1) is 9.13. The van der Waals surface area contributed by atoms with Gasteiger partial charge in [-0.25, -0.2) is 4.98 Å². The summed E-state index contributed by atoms with van der Waals surface area (Å²) in [5.74, 6) is 5.89. The predicted octanol–water partition coefficient (Wildman–Crippen LogP) is 1.95. The molecule has 0 spiro atoms. The second-order valence-electron chi connectivity index (χ2n) is 4.25. The first-order valence-corrected chi connectivity index (χ1v) is 5.90. The number of nitrogens with zero attached hydrogens (tertiary/aromatic N) is 2. The lowest BCUT2D eigenvalue weighted by atomic mass is 10.1. The molecule has 1 aromatic heterocycles. The molecule has 98 valence electrons. The minimum atomic E-state index is -0.161. The van der Waals surface area contributed by atoms with Gasteiger partial charge in [0.2, 0.25) is 0 Å². The summed E-state index contributed by atoms with van der Waals surface area (Å²) in [7, 11) is 1.69. The van der Waals surface area contributed by atoms with Crippen LogP contribution in [0.5, 0.6) is 0 Å². The molecule has 0 atom stereocenters. The number of anilines is 2. The number of hydrogen-bond donors (Lipinski definition) is 2. The van der Waals surface area contributed by atoms with Gasteiger partial charge in [0.1, 0.15) is 5.82 Å². The number of hydrazine groups is 1. The van der Waals surface area contributed by atoms with Gasteiger partial charge in [0.05, 0.1) is 11.3 Å². The van der Waals surface area contributed by atoms with E-state index in [2.05, 4.69) is 10.4 Å². The highest BCUT2D eigenvalue weighted by Crippen LogP contribution is 2.20. The Balaban J connectivity index is 2.34. The van der Waals surface area contributed by atoms with Gasteiger partial charge in [0, 0.05) is 13.2 Å². The molecule has 0 bridgehead atoms. The number of aryl methyl sites for hydroxylation is 1. The molecule has 0 aliphatic rings. The van der Waals surface area contributed by atoms with Gasteiger partial charge in [0.15, 0.2) is 0 Å². The zero-order valence-electron chi connectivity index (χ0n) is 10.9. The van der Waals surface area contributed by atoms with E-state index in [0.717, 1.165) is 5.56 Å². The maximum absolute atomic E-state index is 12.4. The lowest BCUT2D eigenvalue weighted by Crippen LogP contribution is -2.28. The van der Waals surface area contributed by atoms with E-state index in [-0.39, 0.29) is 5.91 Å². The van der Waals surface area contributed by atoms with E-state index >= 15 is 0 Å². The van der Waals surface area contributed by atoms with Crippen molar-refractivity contribution in [2.24, 2.45) is 5.84 Å². The van der Waals surface area contributed by atoms with Crippen molar-refractivity contribution < 1.29 is 4.79 Å². The monoisotopic (exact) mass is 256 g/mol. The highest BCUT2D eigenvalue weighted by atomic mass is 16.2. The summed E-state index contributed by atoms with van der Waals surface area (Å²) in [5, 5.41) is 0. The number of pyridine rings is 1. The first-order valence-electron chi connectivity index (χ1n) is 5.90. The third-order valence-electron chi connectivity index (χ3n) is 2.86. The Morgan fingerprint density at radius 2 is 2.11 bits per heavy atom. The molecule has 0 radical (unpaired) electrons. The van der Waals surface area contributed by atoms with Crippen LogP contribution in [0.2, 0.25) is 0 Å².